The quantitative estimate of drug-likeness (QED) is 0.493. The van der Waals surface area contributed by atoms with Crippen molar-refractivity contribution in [1.29, 1.82) is 5.26 Å². The second-order valence-electron chi connectivity index (χ2n) is 6.67. The van der Waals surface area contributed by atoms with Crippen molar-refractivity contribution in [3.8, 4) is 11.8 Å². The van der Waals surface area contributed by atoms with Crippen LogP contribution >= 0.6 is 11.8 Å². The van der Waals surface area contributed by atoms with Crippen LogP contribution in [0.25, 0.3) is 5.69 Å². The predicted octanol–water partition coefficient (Wildman–Crippen LogP) is 5.57. The minimum Gasteiger partial charge on any atom is -0.246 e. The number of H-pyrrole nitrogens is 1. The fourth-order valence-electron chi connectivity index (χ4n) is 2.99. The standard InChI is InChI=1S/C20H14F6N4OS/c1-2-3-11-4-6-15(14(8-11)20(24,25)26)30-17(31)28-29-18(30)32-16-7-5-13(19(21,22)23)9-12(16)10-27/h4-9H,2-3H2,1H3,(H,28,31). The maximum atomic E-state index is 13.7. The Bertz CT molecular complexity index is 1240. The van der Waals surface area contributed by atoms with E-state index in [1.165, 1.54) is 6.07 Å². The van der Waals surface area contributed by atoms with Crippen LogP contribution in [-0.4, -0.2) is 14.8 Å². The molecule has 0 aliphatic rings. The van der Waals surface area contributed by atoms with Crippen LogP contribution in [0.3, 0.4) is 0 Å². The summed E-state index contributed by atoms with van der Waals surface area (Å²) in [4.78, 5) is 12.3. The van der Waals surface area contributed by atoms with Gasteiger partial charge >= 0.3 is 18.0 Å². The molecule has 3 rings (SSSR count). The monoisotopic (exact) mass is 472 g/mol. The molecule has 1 aromatic heterocycles. The highest BCUT2D eigenvalue weighted by molar-refractivity contribution is 7.99. The van der Waals surface area contributed by atoms with Gasteiger partial charge in [-0.1, -0.05) is 19.4 Å². The number of hydrogen-bond donors (Lipinski definition) is 1. The van der Waals surface area contributed by atoms with Crippen molar-refractivity contribution in [3.63, 3.8) is 0 Å². The Kier molecular flexibility index (Phi) is 6.41. The molecule has 32 heavy (non-hydrogen) atoms. The van der Waals surface area contributed by atoms with Crippen molar-refractivity contribution in [2.24, 2.45) is 0 Å². The van der Waals surface area contributed by atoms with E-state index in [9.17, 15) is 36.4 Å². The second kappa shape index (κ2) is 8.74. The molecule has 0 fully saturated rings. The van der Waals surface area contributed by atoms with Crippen LogP contribution in [-0.2, 0) is 18.8 Å². The Hall–Kier alpha value is -3.20. The van der Waals surface area contributed by atoms with Crippen molar-refractivity contribution < 1.29 is 26.3 Å². The zero-order valence-corrected chi connectivity index (χ0v) is 17.1. The molecule has 0 saturated carbocycles. The Labute approximate surface area is 181 Å². The maximum Gasteiger partial charge on any atom is 0.418 e. The first-order chi connectivity index (χ1) is 15.0. The lowest BCUT2D eigenvalue weighted by molar-refractivity contribution is -0.138. The molecule has 1 heterocycles. The number of aryl methyl sites for hydroxylation is 1. The number of nitrogens with one attached hydrogen (secondary N) is 1. The number of alkyl halides is 6. The Morgan fingerprint density at radius 2 is 1.81 bits per heavy atom. The van der Waals surface area contributed by atoms with Crippen LogP contribution in [0.1, 0.15) is 35.6 Å². The van der Waals surface area contributed by atoms with Crippen LogP contribution in [0.15, 0.2) is 51.2 Å². The highest BCUT2D eigenvalue weighted by Gasteiger charge is 2.36. The van der Waals surface area contributed by atoms with Gasteiger partial charge in [-0.15, -0.1) is 5.10 Å². The molecular formula is C20H14F6N4OS. The number of rotatable bonds is 5. The minimum absolute atomic E-state index is 0.00286. The molecule has 0 amide bonds. The van der Waals surface area contributed by atoms with E-state index < -0.39 is 34.9 Å². The fraction of sp³-hybridized carbons (Fsp3) is 0.250. The molecule has 168 valence electrons. The van der Waals surface area contributed by atoms with E-state index in [-0.39, 0.29) is 15.6 Å². The summed E-state index contributed by atoms with van der Waals surface area (Å²) in [6.07, 6.45) is -8.43. The first-order valence-electron chi connectivity index (χ1n) is 9.12. The molecule has 1 N–H and O–H groups in total. The van der Waals surface area contributed by atoms with Crippen LogP contribution < -0.4 is 5.69 Å². The molecule has 5 nitrogen and oxygen atoms in total. The molecule has 0 unspecified atom stereocenters. The minimum atomic E-state index is -4.77. The molecule has 0 bridgehead atoms. The average Bonchev–Trinajstić information content (AvgIpc) is 3.07. The van der Waals surface area contributed by atoms with Crippen LogP contribution in [0.5, 0.6) is 0 Å². The normalized spacial score (nSPS) is 12.1. The molecule has 2 aromatic carbocycles. The summed E-state index contributed by atoms with van der Waals surface area (Å²) in [5, 5.41) is 14.7. The van der Waals surface area contributed by atoms with Gasteiger partial charge in [0.2, 0.25) is 5.16 Å². The van der Waals surface area contributed by atoms with E-state index in [4.69, 9.17) is 0 Å². The number of aromatic amines is 1. The summed E-state index contributed by atoms with van der Waals surface area (Å²) in [5.41, 5.74) is -3.48. The third-order valence-corrected chi connectivity index (χ3v) is 5.45. The number of benzene rings is 2. The molecule has 0 saturated heterocycles. The third kappa shape index (κ3) is 4.83. The van der Waals surface area contributed by atoms with Crippen LogP contribution in [0, 0.1) is 11.3 Å². The number of halogens is 6. The van der Waals surface area contributed by atoms with Crippen molar-refractivity contribution in [3.05, 3.63) is 69.1 Å². The molecular weight excluding hydrogens is 458 g/mol. The molecule has 3 aromatic rings. The summed E-state index contributed by atoms with van der Waals surface area (Å²) in [6, 6.07) is 7.54. The van der Waals surface area contributed by atoms with Gasteiger partial charge in [0, 0.05) is 4.90 Å². The summed E-state index contributed by atoms with van der Waals surface area (Å²) >= 11 is 0.598. The third-order valence-electron chi connectivity index (χ3n) is 4.42. The zero-order valence-electron chi connectivity index (χ0n) is 16.3. The van der Waals surface area contributed by atoms with Gasteiger partial charge < -0.3 is 0 Å². The summed E-state index contributed by atoms with van der Waals surface area (Å²) in [6.45, 7) is 1.81. The van der Waals surface area contributed by atoms with Crippen molar-refractivity contribution in [1.82, 2.24) is 14.8 Å². The van der Waals surface area contributed by atoms with E-state index in [1.807, 2.05) is 6.92 Å². The zero-order chi connectivity index (χ0) is 23.7. The van der Waals surface area contributed by atoms with Crippen molar-refractivity contribution in [2.45, 2.75) is 42.2 Å². The van der Waals surface area contributed by atoms with E-state index >= 15 is 0 Å². The molecule has 0 spiro atoms. The van der Waals surface area contributed by atoms with Gasteiger partial charge in [-0.05, 0) is 54.1 Å². The van der Waals surface area contributed by atoms with Gasteiger partial charge in [-0.25, -0.2) is 14.5 Å². The van der Waals surface area contributed by atoms with Crippen molar-refractivity contribution in [2.75, 3.05) is 0 Å². The molecule has 0 aliphatic heterocycles. The van der Waals surface area contributed by atoms with Gasteiger partial charge in [-0.2, -0.15) is 31.6 Å². The largest absolute Gasteiger partial charge is 0.418 e. The molecule has 12 heteroatoms. The Balaban J connectivity index is 2.11. The van der Waals surface area contributed by atoms with Gasteiger partial charge in [0.15, 0.2) is 0 Å². The lowest BCUT2D eigenvalue weighted by Gasteiger charge is -2.16. The lowest BCUT2D eigenvalue weighted by atomic mass is 10.0. The molecule has 0 aliphatic carbocycles. The summed E-state index contributed by atoms with van der Waals surface area (Å²) in [7, 11) is 0. The van der Waals surface area contributed by atoms with E-state index in [0.717, 1.165) is 24.3 Å². The highest BCUT2D eigenvalue weighted by atomic mass is 32.2. The first kappa shape index (κ1) is 23.5. The number of nitriles is 1. The van der Waals surface area contributed by atoms with E-state index in [2.05, 4.69) is 10.2 Å². The summed E-state index contributed by atoms with van der Waals surface area (Å²) in [5.74, 6) is 0. The Morgan fingerprint density at radius 3 is 2.41 bits per heavy atom. The number of hydrogen-bond acceptors (Lipinski definition) is 4. The van der Waals surface area contributed by atoms with Crippen LogP contribution in [0.2, 0.25) is 0 Å². The van der Waals surface area contributed by atoms with Gasteiger partial charge in [-0.3, -0.25) is 0 Å². The number of aromatic nitrogens is 3. The maximum absolute atomic E-state index is 13.7. The van der Waals surface area contributed by atoms with E-state index in [1.54, 1.807) is 6.07 Å². The lowest BCUT2D eigenvalue weighted by Crippen LogP contribution is -2.20. The fourth-order valence-corrected chi connectivity index (χ4v) is 3.91. The van der Waals surface area contributed by atoms with Gasteiger partial charge in [0.25, 0.3) is 0 Å². The molecule has 0 radical (unpaired) electrons. The van der Waals surface area contributed by atoms with Crippen LogP contribution in [0.4, 0.5) is 26.3 Å². The average molecular weight is 472 g/mol. The first-order valence-corrected chi connectivity index (χ1v) is 9.94. The molecule has 0 atom stereocenters. The van der Waals surface area contributed by atoms with Gasteiger partial charge in [0.05, 0.1) is 22.4 Å². The topological polar surface area (TPSA) is 74.5 Å². The SMILES string of the molecule is CCCc1ccc(-n2c(Sc3ccc(C(F)(F)F)cc3C#N)n[nH]c2=O)c(C(F)(F)F)c1. The smallest absolute Gasteiger partial charge is 0.246 e. The second-order valence-corrected chi connectivity index (χ2v) is 7.68. The van der Waals surface area contributed by atoms with E-state index in [0.29, 0.717) is 40.8 Å². The predicted molar refractivity (Wildman–Crippen MR) is 103 cm³/mol. The van der Waals surface area contributed by atoms with Crippen molar-refractivity contribution >= 4 is 11.8 Å². The highest BCUT2D eigenvalue weighted by Crippen LogP contribution is 2.38. The van der Waals surface area contributed by atoms with Gasteiger partial charge in [0.1, 0.15) is 6.07 Å². The number of nitrogens with zero attached hydrogens (tertiary/aromatic N) is 3. The Morgan fingerprint density at radius 1 is 1.09 bits per heavy atom. The summed E-state index contributed by atoms with van der Waals surface area (Å²) < 4.78 is 80.6.